The Morgan fingerprint density at radius 1 is 1.30 bits per heavy atom. The number of carboxylic acid groups (broad SMARTS) is 1. The van der Waals surface area contributed by atoms with E-state index >= 15 is 0 Å². The lowest BCUT2D eigenvalue weighted by Gasteiger charge is -2.19. The molecule has 20 heavy (non-hydrogen) atoms. The van der Waals surface area contributed by atoms with Gasteiger partial charge in [0, 0.05) is 18.3 Å². The molecule has 1 N–H and O–H groups in total. The monoisotopic (exact) mass is 280 g/mol. The average Bonchev–Trinajstić information content (AvgIpc) is 2.37. The molecule has 0 spiro atoms. The molecule has 0 aliphatic heterocycles. The Labute approximate surface area is 119 Å². The third kappa shape index (κ3) is 3.70. The molecule has 1 rings (SSSR count). The number of aromatic nitrogens is 1. The van der Waals surface area contributed by atoms with Crippen molar-refractivity contribution in [3.63, 3.8) is 0 Å². The first kappa shape index (κ1) is 16.4. The first-order valence-corrected chi connectivity index (χ1v) is 7.09. The zero-order valence-corrected chi connectivity index (χ0v) is 12.8. The van der Waals surface area contributed by atoms with Gasteiger partial charge in [-0.05, 0) is 45.5 Å². The van der Waals surface area contributed by atoms with Gasteiger partial charge in [0.05, 0.1) is 5.56 Å². The summed E-state index contributed by atoms with van der Waals surface area (Å²) in [5.41, 5.74) is 1.19. The Balaban J connectivity index is 2.93. The van der Waals surface area contributed by atoms with Crippen LogP contribution in [0, 0.1) is 13.8 Å². The van der Waals surface area contributed by atoms with E-state index in [1.54, 1.807) is 18.4 Å². The van der Waals surface area contributed by atoms with Gasteiger partial charge >= 0.3 is 5.97 Å². The quantitative estimate of drug-likeness (QED) is 0.828. The maximum absolute atomic E-state index is 12.0. The van der Waals surface area contributed by atoms with Gasteiger partial charge in [0.2, 0.25) is 0 Å². The van der Waals surface area contributed by atoms with Crippen LogP contribution in [0.15, 0.2) is 10.9 Å². The van der Waals surface area contributed by atoms with Gasteiger partial charge in [-0.3, -0.25) is 4.79 Å². The summed E-state index contributed by atoms with van der Waals surface area (Å²) < 4.78 is 1.57. The molecule has 0 saturated heterocycles. The minimum absolute atomic E-state index is 0.121. The zero-order chi connectivity index (χ0) is 15.3. The summed E-state index contributed by atoms with van der Waals surface area (Å²) >= 11 is 0. The second-order valence-corrected chi connectivity index (χ2v) is 4.96. The van der Waals surface area contributed by atoms with E-state index in [-0.39, 0.29) is 11.1 Å². The summed E-state index contributed by atoms with van der Waals surface area (Å²) in [7, 11) is 0. The highest BCUT2D eigenvalue weighted by atomic mass is 16.4. The van der Waals surface area contributed by atoms with Crippen LogP contribution in [0.25, 0.3) is 0 Å². The maximum atomic E-state index is 12.0. The minimum Gasteiger partial charge on any atom is -0.478 e. The molecule has 0 radical (unpaired) electrons. The smallest absolute Gasteiger partial charge is 0.337 e. The van der Waals surface area contributed by atoms with E-state index < -0.39 is 5.97 Å². The summed E-state index contributed by atoms with van der Waals surface area (Å²) in [5.74, 6) is -0.975. The largest absolute Gasteiger partial charge is 0.478 e. The zero-order valence-electron chi connectivity index (χ0n) is 12.8. The number of hydrogen-bond acceptors (Lipinski definition) is 3. The van der Waals surface area contributed by atoms with E-state index in [4.69, 9.17) is 0 Å². The number of pyridine rings is 1. The van der Waals surface area contributed by atoms with E-state index in [2.05, 4.69) is 18.7 Å². The highest BCUT2D eigenvalue weighted by Crippen LogP contribution is 2.11. The van der Waals surface area contributed by atoms with Crippen molar-refractivity contribution in [3.05, 3.63) is 33.2 Å². The summed E-state index contributed by atoms with van der Waals surface area (Å²) in [6.45, 7) is 11.0. The van der Waals surface area contributed by atoms with Crippen LogP contribution in [0.5, 0.6) is 0 Å². The van der Waals surface area contributed by atoms with E-state index in [9.17, 15) is 14.7 Å². The van der Waals surface area contributed by atoms with Crippen molar-refractivity contribution in [3.8, 4) is 0 Å². The molecule has 0 aliphatic carbocycles. The molecule has 0 fully saturated rings. The molecule has 5 heteroatoms. The summed E-state index contributed by atoms with van der Waals surface area (Å²) in [6, 6.07) is 1.41. The van der Waals surface area contributed by atoms with Crippen molar-refractivity contribution in [1.82, 2.24) is 9.47 Å². The lowest BCUT2D eigenvalue weighted by Crippen LogP contribution is -2.29. The predicted molar refractivity (Wildman–Crippen MR) is 79.5 cm³/mol. The topological polar surface area (TPSA) is 62.5 Å². The molecule has 0 aliphatic rings. The molecule has 0 aromatic carbocycles. The van der Waals surface area contributed by atoms with Gasteiger partial charge in [-0.25, -0.2) is 4.79 Å². The van der Waals surface area contributed by atoms with Crippen LogP contribution in [0.3, 0.4) is 0 Å². The van der Waals surface area contributed by atoms with Gasteiger partial charge in [-0.15, -0.1) is 0 Å². The van der Waals surface area contributed by atoms with Crippen molar-refractivity contribution < 1.29 is 9.90 Å². The lowest BCUT2D eigenvalue weighted by atomic mass is 10.1. The number of rotatable bonds is 7. The number of carbonyl (C=O) groups is 1. The standard InChI is InChI=1S/C15H24N2O3/c1-5-16(6-2)8-7-9-17-12(4)14(15(19)20)11(3)10-13(17)18/h10H,5-9H2,1-4H3,(H,19,20). The molecular weight excluding hydrogens is 256 g/mol. The highest BCUT2D eigenvalue weighted by molar-refractivity contribution is 5.90. The maximum Gasteiger partial charge on any atom is 0.337 e. The van der Waals surface area contributed by atoms with Crippen molar-refractivity contribution in [1.29, 1.82) is 0 Å². The minimum atomic E-state index is -0.975. The molecule has 0 atom stereocenters. The third-order valence-electron chi connectivity index (χ3n) is 3.73. The fraction of sp³-hybridized carbons (Fsp3) is 0.600. The molecular formula is C15H24N2O3. The summed E-state index contributed by atoms with van der Waals surface area (Å²) in [5, 5.41) is 9.23. The van der Waals surface area contributed by atoms with Gasteiger partial charge in [0.25, 0.3) is 5.56 Å². The number of aromatic carboxylic acids is 1. The first-order valence-electron chi connectivity index (χ1n) is 7.09. The van der Waals surface area contributed by atoms with Gasteiger partial charge < -0.3 is 14.6 Å². The molecule has 0 saturated carbocycles. The number of carboxylic acids is 1. The predicted octanol–water partition coefficient (Wildman–Crippen LogP) is 1.90. The van der Waals surface area contributed by atoms with E-state index in [1.807, 2.05) is 0 Å². The molecule has 1 heterocycles. The molecule has 5 nitrogen and oxygen atoms in total. The van der Waals surface area contributed by atoms with Crippen molar-refractivity contribution in [2.24, 2.45) is 0 Å². The fourth-order valence-electron chi connectivity index (χ4n) is 2.51. The van der Waals surface area contributed by atoms with Gasteiger partial charge in [0.1, 0.15) is 0 Å². The number of aryl methyl sites for hydroxylation is 1. The first-order chi connectivity index (χ1) is 9.42. The van der Waals surface area contributed by atoms with Crippen LogP contribution in [0.1, 0.15) is 41.9 Å². The molecule has 112 valence electrons. The number of hydrogen-bond donors (Lipinski definition) is 1. The SMILES string of the molecule is CCN(CC)CCCn1c(C)c(C(=O)O)c(C)cc1=O. The van der Waals surface area contributed by atoms with Crippen LogP contribution in [0.4, 0.5) is 0 Å². The summed E-state index contributed by atoms with van der Waals surface area (Å²) in [4.78, 5) is 25.5. The van der Waals surface area contributed by atoms with Crippen molar-refractivity contribution in [2.45, 2.75) is 40.7 Å². The Morgan fingerprint density at radius 3 is 2.40 bits per heavy atom. The molecule has 0 amide bonds. The van der Waals surface area contributed by atoms with Crippen LogP contribution < -0.4 is 5.56 Å². The Bertz CT molecular complexity index is 531. The Hall–Kier alpha value is -1.62. The normalized spacial score (nSPS) is 11.1. The van der Waals surface area contributed by atoms with Crippen molar-refractivity contribution >= 4 is 5.97 Å². The van der Waals surface area contributed by atoms with Crippen molar-refractivity contribution in [2.75, 3.05) is 19.6 Å². The third-order valence-corrected chi connectivity index (χ3v) is 3.73. The molecule has 1 aromatic heterocycles. The molecule has 1 aromatic rings. The van der Waals surface area contributed by atoms with Gasteiger partial charge in [-0.2, -0.15) is 0 Å². The van der Waals surface area contributed by atoms with E-state index in [0.29, 0.717) is 17.8 Å². The van der Waals surface area contributed by atoms with Gasteiger partial charge in [-0.1, -0.05) is 13.8 Å². The lowest BCUT2D eigenvalue weighted by molar-refractivity contribution is 0.0694. The second-order valence-electron chi connectivity index (χ2n) is 4.96. The van der Waals surface area contributed by atoms with Crippen LogP contribution in [0.2, 0.25) is 0 Å². The molecule has 0 bridgehead atoms. The van der Waals surface area contributed by atoms with E-state index in [1.165, 1.54) is 6.07 Å². The molecule has 0 unspecified atom stereocenters. The van der Waals surface area contributed by atoms with Gasteiger partial charge in [0.15, 0.2) is 0 Å². The van der Waals surface area contributed by atoms with Crippen LogP contribution in [-0.2, 0) is 6.54 Å². The van der Waals surface area contributed by atoms with Crippen LogP contribution in [-0.4, -0.2) is 40.2 Å². The Kier molecular flexibility index (Phi) is 5.95. The number of nitrogens with zero attached hydrogens (tertiary/aromatic N) is 2. The fourth-order valence-corrected chi connectivity index (χ4v) is 2.51. The van der Waals surface area contributed by atoms with E-state index in [0.717, 1.165) is 26.1 Å². The average molecular weight is 280 g/mol. The Morgan fingerprint density at radius 2 is 1.90 bits per heavy atom. The summed E-state index contributed by atoms with van der Waals surface area (Å²) in [6.07, 6.45) is 0.838. The second kappa shape index (κ2) is 7.24. The van der Waals surface area contributed by atoms with Crippen LogP contribution >= 0.6 is 0 Å². The highest BCUT2D eigenvalue weighted by Gasteiger charge is 2.15.